The third-order valence-electron chi connectivity index (χ3n) is 6.23. The fourth-order valence-electron chi connectivity index (χ4n) is 3.95. The fraction of sp³-hybridized carbons (Fsp3) is 0.577. The maximum atomic E-state index is 13.2. The van der Waals surface area contributed by atoms with Crippen LogP contribution in [-0.4, -0.2) is 64.9 Å². The number of pyridine rings is 1. The van der Waals surface area contributed by atoms with Gasteiger partial charge in [-0.25, -0.2) is 9.78 Å². The molecule has 0 saturated carbocycles. The molecule has 11 heteroatoms. The molecule has 37 heavy (non-hydrogen) atoms. The van der Waals surface area contributed by atoms with Gasteiger partial charge in [-0.15, -0.1) is 0 Å². The number of nitrogens with zero attached hydrogens (tertiary/aromatic N) is 1. The van der Waals surface area contributed by atoms with Crippen LogP contribution in [-0.2, 0) is 30.3 Å². The van der Waals surface area contributed by atoms with Crippen LogP contribution in [0, 0.1) is 17.8 Å². The van der Waals surface area contributed by atoms with Crippen LogP contribution >= 0.6 is 0 Å². The van der Waals surface area contributed by atoms with Crippen LogP contribution in [0.4, 0.5) is 0 Å². The van der Waals surface area contributed by atoms with Crippen molar-refractivity contribution < 1.29 is 23.9 Å². The van der Waals surface area contributed by atoms with E-state index in [0.29, 0.717) is 5.65 Å². The van der Waals surface area contributed by atoms with Crippen LogP contribution in [0.15, 0.2) is 24.5 Å². The summed E-state index contributed by atoms with van der Waals surface area (Å²) in [5.41, 5.74) is 7.73. The summed E-state index contributed by atoms with van der Waals surface area (Å²) >= 11 is 0. The van der Waals surface area contributed by atoms with Gasteiger partial charge in [-0.05, 0) is 41.9 Å². The van der Waals surface area contributed by atoms with Gasteiger partial charge in [0.25, 0.3) is 0 Å². The van der Waals surface area contributed by atoms with Crippen molar-refractivity contribution in [3.05, 3.63) is 30.1 Å². The van der Waals surface area contributed by atoms with Crippen LogP contribution < -0.4 is 21.7 Å². The molecule has 0 aromatic carbocycles. The molecule has 204 valence electrons. The zero-order valence-electron chi connectivity index (χ0n) is 22.6. The van der Waals surface area contributed by atoms with Gasteiger partial charge in [-0.2, -0.15) is 0 Å². The van der Waals surface area contributed by atoms with E-state index in [-0.39, 0.29) is 24.2 Å². The third kappa shape index (κ3) is 7.75. The number of esters is 1. The minimum atomic E-state index is -0.927. The number of ether oxygens (including phenoxy) is 1. The number of aromatic nitrogens is 2. The maximum Gasteiger partial charge on any atom is 0.328 e. The lowest BCUT2D eigenvalue weighted by Gasteiger charge is -2.29. The Kier molecular flexibility index (Phi) is 10.6. The van der Waals surface area contributed by atoms with Crippen LogP contribution in [0.1, 0.15) is 47.1 Å². The van der Waals surface area contributed by atoms with Gasteiger partial charge in [-0.3, -0.25) is 14.4 Å². The Morgan fingerprint density at radius 2 is 1.41 bits per heavy atom. The Morgan fingerprint density at radius 1 is 0.892 bits per heavy atom. The molecule has 11 nitrogen and oxygen atoms in total. The lowest BCUT2D eigenvalue weighted by Crippen LogP contribution is -2.60. The summed E-state index contributed by atoms with van der Waals surface area (Å²) in [6.07, 6.45) is 3.69. The van der Waals surface area contributed by atoms with Gasteiger partial charge in [0.15, 0.2) is 0 Å². The van der Waals surface area contributed by atoms with Crippen LogP contribution in [0.5, 0.6) is 0 Å². The Bertz CT molecular complexity index is 1100. The summed E-state index contributed by atoms with van der Waals surface area (Å²) in [7, 11) is 1.25. The second kappa shape index (κ2) is 13.2. The van der Waals surface area contributed by atoms with Gasteiger partial charge in [-0.1, -0.05) is 41.5 Å². The van der Waals surface area contributed by atoms with Crippen molar-refractivity contribution in [3.8, 4) is 0 Å². The number of nitrogens with two attached hydrogens (primary N) is 1. The van der Waals surface area contributed by atoms with Gasteiger partial charge >= 0.3 is 5.97 Å². The van der Waals surface area contributed by atoms with E-state index in [9.17, 15) is 19.2 Å². The van der Waals surface area contributed by atoms with E-state index >= 15 is 0 Å². The molecule has 0 bridgehead atoms. The molecule has 2 rings (SSSR count). The van der Waals surface area contributed by atoms with Crippen molar-refractivity contribution >= 4 is 34.7 Å². The number of nitrogens with one attached hydrogen (secondary N) is 4. The van der Waals surface area contributed by atoms with Crippen molar-refractivity contribution in [1.29, 1.82) is 0 Å². The first-order valence-electron chi connectivity index (χ1n) is 12.5. The molecule has 2 aromatic heterocycles. The van der Waals surface area contributed by atoms with E-state index in [0.717, 1.165) is 10.9 Å². The molecule has 0 fully saturated rings. The Labute approximate surface area is 217 Å². The van der Waals surface area contributed by atoms with Crippen LogP contribution in [0.3, 0.4) is 0 Å². The first-order chi connectivity index (χ1) is 17.4. The van der Waals surface area contributed by atoms with Gasteiger partial charge in [0, 0.05) is 17.8 Å². The van der Waals surface area contributed by atoms with Gasteiger partial charge in [0.05, 0.1) is 13.2 Å². The van der Waals surface area contributed by atoms with E-state index < -0.39 is 47.9 Å². The van der Waals surface area contributed by atoms with Crippen molar-refractivity contribution in [3.63, 3.8) is 0 Å². The summed E-state index contributed by atoms with van der Waals surface area (Å²) < 4.78 is 4.79. The molecule has 0 radical (unpaired) electrons. The van der Waals surface area contributed by atoms with E-state index in [1.54, 1.807) is 60.0 Å². The van der Waals surface area contributed by atoms with Crippen molar-refractivity contribution in [2.45, 2.75) is 72.1 Å². The van der Waals surface area contributed by atoms with Crippen molar-refractivity contribution in [2.75, 3.05) is 7.11 Å². The number of hydrogen-bond donors (Lipinski definition) is 5. The maximum absolute atomic E-state index is 13.2. The standard InChI is InChI=1S/C26H40N6O5/c1-13(2)19(30-23(33)18(27)11-16-12-29-22-17(16)9-8-10-28-22)24(34)31-20(14(3)4)25(35)32-21(15(5)6)26(36)37-7/h8-10,12-15,18-21H,11,27H2,1-7H3,(H,28,29)(H,30,33)(H,31,34)(H,32,35)/t18-,19-,20-,21-/m0/s1. The molecule has 0 aliphatic heterocycles. The summed E-state index contributed by atoms with van der Waals surface area (Å²) in [5, 5.41) is 9.03. The highest BCUT2D eigenvalue weighted by Gasteiger charge is 2.34. The normalized spacial score (nSPS) is 14.8. The predicted molar refractivity (Wildman–Crippen MR) is 140 cm³/mol. The number of hydrogen-bond acceptors (Lipinski definition) is 7. The molecule has 3 amide bonds. The largest absolute Gasteiger partial charge is 0.467 e. The zero-order valence-corrected chi connectivity index (χ0v) is 22.6. The highest BCUT2D eigenvalue weighted by molar-refractivity contribution is 5.94. The Balaban J connectivity index is 2.09. The molecule has 0 aliphatic rings. The highest BCUT2D eigenvalue weighted by atomic mass is 16.5. The average Bonchev–Trinajstić information content (AvgIpc) is 3.25. The van der Waals surface area contributed by atoms with Crippen LogP contribution in [0.2, 0.25) is 0 Å². The number of amides is 3. The minimum Gasteiger partial charge on any atom is -0.467 e. The van der Waals surface area contributed by atoms with Crippen molar-refractivity contribution in [2.24, 2.45) is 23.5 Å². The molecule has 2 heterocycles. The molecule has 4 atom stereocenters. The average molecular weight is 517 g/mol. The fourth-order valence-corrected chi connectivity index (χ4v) is 3.95. The predicted octanol–water partition coefficient (Wildman–Crippen LogP) is 1.03. The highest BCUT2D eigenvalue weighted by Crippen LogP contribution is 2.17. The summed E-state index contributed by atoms with van der Waals surface area (Å²) in [5.74, 6) is -2.84. The SMILES string of the molecule is COC(=O)[C@@H](NC(=O)[C@@H](NC(=O)[C@@H](NC(=O)[C@@H](N)Cc1c[nH]c2ncccc12)C(C)C)C(C)C)C(C)C. The molecule has 2 aromatic rings. The topological polar surface area (TPSA) is 168 Å². The molecular weight excluding hydrogens is 476 g/mol. The van der Waals surface area contributed by atoms with Crippen molar-refractivity contribution in [1.82, 2.24) is 25.9 Å². The summed E-state index contributed by atoms with van der Waals surface area (Å²) in [6, 6.07) is 0.103. The molecule has 0 saturated heterocycles. The number of rotatable bonds is 12. The van der Waals surface area contributed by atoms with Gasteiger partial charge in [0.2, 0.25) is 17.7 Å². The number of carbonyl (C=O) groups is 4. The monoisotopic (exact) mass is 516 g/mol. The number of H-pyrrole nitrogens is 1. The lowest BCUT2D eigenvalue weighted by atomic mass is 9.98. The van der Waals surface area contributed by atoms with Crippen LogP contribution in [0.25, 0.3) is 11.0 Å². The Hall–Kier alpha value is -3.47. The third-order valence-corrected chi connectivity index (χ3v) is 6.23. The summed E-state index contributed by atoms with van der Waals surface area (Å²) in [4.78, 5) is 58.5. The quantitative estimate of drug-likeness (QED) is 0.262. The molecule has 0 aliphatic carbocycles. The van der Waals surface area contributed by atoms with E-state index in [4.69, 9.17) is 10.5 Å². The number of carbonyl (C=O) groups excluding carboxylic acids is 4. The molecule has 0 spiro atoms. The smallest absolute Gasteiger partial charge is 0.328 e. The number of aromatic amines is 1. The minimum absolute atomic E-state index is 0.211. The van der Waals surface area contributed by atoms with Gasteiger partial charge in [0.1, 0.15) is 23.8 Å². The van der Waals surface area contributed by atoms with E-state index in [1.807, 2.05) is 6.07 Å². The summed E-state index contributed by atoms with van der Waals surface area (Å²) in [6.45, 7) is 10.7. The first kappa shape index (κ1) is 29.8. The van der Waals surface area contributed by atoms with E-state index in [1.165, 1.54) is 7.11 Å². The Morgan fingerprint density at radius 3 is 1.92 bits per heavy atom. The number of methoxy groups -OCH3 is 1. The molecule has 6 N–H and O–H groups in total. The lowest BCUT2D eigenvalue weighted by molar-refractivity contribution is -0.147. The zero-order chi connectivity index (χ0) is 27.9. The second-order valence-corrected chi connectivity index (χ2v) is 10.2. The molecular formula is C26H40N6O5. The van der Waals surface area contributed by atoms with Gasteiger partial charge < -0.3 is 31.4 Å². The number of fused-ring (bicyclic) bond motifs is 1. The van der Waals surface area contributed by atoms with E-state index in [2.05, 4.69) is 25.9 Å². The first-order valence-corrected chi connectivity index (χ1v) is 12.5. The molecule has 0 unspecified atom stereocenters. The second-order valence-electron chi connectivity index (χ2n) is 10.2.